The van der Waals surface area contributed by atoms with Crippen molar-refractivity contribution in [1.29, 1.82) is 0 Å². The maximum absolute atomic E-state index is 12.6. The predicted molar refractivity (Wildman–Crippen MR) is 76.2 cm³/mol. The van der Waals surface area contributed by atoms with Crippen molar-refractivity contribution in [2.75, 3.05) is 6.54 Å². The highest BCUT2D eigenvalue weighted by Gasteiger charge is 2.39. The molecular formula is C13H19N3O4S. The van der Waals surface area contributed by atoms with Crippen LogP contribution in [0.25, 0.3) is 0 Å². The van der Waals surface area contributed by atoms with Crippen LogP contribution in [-0.2, 0) is 9.84 Å². The van der Waals surface area contributed by atoms with Gasteiger partial charge in [0.25, 0.3) is 0 Å². The van der Waals surface area contributed by atoms with E-state index in [1.54, 1.807) is 19.1 Å². The standard InChI is InChI=1S/C13H19N3O4S/c1-9-5-6-11(10(17)8-16(9)13(14)18)21(19,20)12-4-2-3-7-15-12/h2-4,7,9-11,17H,5-6,8H2,1H3,(H2,14,18)/t9-,10+,11?/m0/s1. The van der Waals surface area contributed by atoms with Crippen LogP contribution in [-0.4, -0.2) is 53.4 Å². The minimum atomic E-state index is -3.75. The molecule has 0 aliphatic carbocycles. The fourth-order valence-corrected chi connectivity index (χ4v) is 4.32. The first-order valence-electron chi connectivity index (χ1n) is 6.73. The Hall–Kier alpha value is -1.67. The number of aromatic nitrogens is 1. The molecule has 8 heteroatoms. The van der Waals surface area contributed by atoms with E-state index in [9.17, 15) is 18.3 Å². The summed E-state index contributed by atoms with van der Waals surface area (Å²) in [7, 11) is -3.75. The Morgan fingerprint density at radius 1 is 1.43 bits per heavy atom. The average molecular weight is 313 g/mol. The quantitative estimate of drug-likeness (QED) is 0.806. The largest absolute Gasteiger partial charge is 0.390 e. The second-order valence-electron chi connectivity index (χ2n) is 5.24. The van der Waals surface area contributed by atoms with Crippen LogP contribution >= 0.6 is 0 Å². The van der Waals surface area contributed by atoms with Crippen molar-refractivity contribution in [3.63, 3.8) is 0 Å². The fraction of sp³-hybridized carbons (Fsp3) is 0.538. The third-order valence-corrected chi connectivity index (χ3v) is 6.00. The van der Waals surface area contributed by atoms with Crippen molar-refractivity contribution < 1.29 is 18.3 Å². The van der Waals surface area contributed by atoms with Crippen LogP contribution < -0.4 is 5.73 Å². The summed E-state index contributed by atoms with van der Waals surface area (Å²) in [6.45, 7) is 1.69. The van der Waals surface area contributed by atoms with Gasteiger partial charge in [0.2, 0.25) is 9.84 Å². The SMILES string of the molecule is C[C@H]1CCC(S(=O)(=O)c2ccccn2)[C@H](O)CN1C(N)=O. The summed E-state index contributed by atoms with van der Waals surface area (Å²) in [5, 5.41) is 9.18. The maximum atomic E-state index is 12.6. The van der Waals surface area contributed by atoms with E-state index < -0.39 is 27.2 Å². The number of β-amino-alcohol motifs (C(OH)–C–C–N with tert-alkyl or cyclic N) is 1. The van der Waals surface area contributed by atoms with Gasteiger partial charge in [-0.2, -0.15) is 0 Å². The molecule has 1 aromatic heterocycles. The Labute approximate surface area is 123 Å². The molecule has 0 spiro atoms. The van der Waals surface area contributed by atoms with Gasteiger partial charge in [-0.15, -0.1) is 0 Å². The zero-order valence-corrected chi connectivity index (χ0v) is 12.5. The number of primary amides is 1. The summed E-state index contributed by atoms with van der Waals surface area (Å²) in [5.41, 5.74) is 5.27. The van der Waals surface area contributed by atoms with Gasteiger partial charge in [0.05, 0.1) is 11.4 Å². The Morgan fingerprint density at radius 3 is 2.71 bits per heavy atom. The lowest BCUT2D eigenvalue weighted by Crippen LogP contribution is -2.46. The summed E-state index contributed by atoms with van der Waals surface area (Å²) in [6, 6.07) is 3.75. The van der Waals surface area contributed by atoms with E-state index in [4.69, 9.17) is 5.73 Å². The molecule has 21 heavy (non-hydrogen) atoms. The number of aliphatic hydroxyl groups excluding tert-OH is 1. The van der Waals surface area contributed by atoms with Gasteiger partial charge < -0.3 is 15.7 Å². The molecule has 1 unspecified atom stereocenters. The highest BCUT2D eigenvalue weighted by atomic mass is 32.2. The minimum absolute atomic E-state index is 0.0609. The number of amides is 2. The zero-order valence-electron chi connectivity index (χ0n) is 11.7. The van der Waals surface area contributed by atoms with Crippen LogP contribution in [0.3, 0.4) is 0 Å². The normalized spacial score (nSPS) is 27.1. The number of carbonyl (C=O) groups is 1. The van der Waals surface area contributed by atoms with E-state index in [0.717, 1.165) is 0 Å². The number of hydrogen-bond donors (Lipinski definition) is 2. The third-order valence-electron chi connectivity index (χ3n) is 3.82. The molecule has 3 N–H and O–H groups in total. The average Bonchev–Trinajstić information content (AvgIpc) is 2.59. The Balaban J connectivity index is 2.30. The molecule has 0 saturated carbocycles. The predicted octanol–water partition coefficient (Wildman–Crippen LogP) is 0.148. The van der Waals surface area contributed by atoms with Gasteiger partial charge in [-0.05, 0) is 31.9 Å². The minimum Gasteiger partial charge on any atom is -0.390 e. The highest BCUT2D eigenvalue weighted by Crippen LogP contribution is 2.26. The van der Waals surface area contributed by atoms with Gasteiger partial charge in [-0.1, -0.05) is 6.07 Å². The number of nitrogens with zero attached hydrogens (tertiary/aromatic N) is 2. The molecule has 1 aromatic rings. The zero-order chi connectivity index (χ0) is 15.6. The summed E-state index contributed by atoms with van der Waals surface area (Å²) in [5.74, 6) is 0. The fourth-order valence-electron chi connectivity index (χ4n) is 2.59. The molecule has 2 heterocycles. The highest BCUT2D eigenvalue weighted by molar-refractivity contribution is 7.92. The summed E-state index contributed by atoms with van der Waals surface area (Å²) in [4.78, 5) is 16.5. The lowest BCUT2D eigenvalue weighted by atomic mass is 10.1. The van der Waals surface area contributed by atoms with E-state index in [1.807, 2.05) is 0 Å². The van der Waals surface area contributed by atoms with Crippen molar-refractivity contribution in [2.45, 2.75) is 42.2 Å². The van der Waals surface area contributed by atoms with Crippen molar-refractivity contribution in [2.24, 2.45) is 5.73 Å². The van der Waals surface area contributed by atoms with Crippen LogP contribution in [0, 0.1) is 0 Å². The third kappa shape index (κ3) is 3.16. The molecule has 0 aromatic carbocycles. The second-order valence-corrected chi connectivity index (χ2v) is 7.35. The number of carbonyl (C=O) groups excluding carboxylic acids is 1. The molecule has 2 amide bonds. The van der Waals surface area contributed by atoms with Crippen LogP contribution in [0.15, 0.2) is 29.4 Å². The first-order valence-corrected chi connectivity index (χ1v) is 8.27. The van der Waals surface area contributed by atoms with Crippen LogP contribution in [0.1, 0.15) is 19.8 Å². The van der Waals surface area contributed by atoms with E-state index in [0.29, 0.717) is 6.42 Å². The number of hydrogen-bond acceptors (Lipinski definition) is 5. The van der Waals surface area contributed by atoms with E-state index in [2.05, 4.69) is 4.98 Å². The number of pyridine rings is 1. The summed E-state index contributed by atoms with van der Waals surface area (Å²) >= 11 is 0. The molecule has 0 bridgehead atoms. The number of urea groups is 1. The van der Waals surface area contributed by atoms with Crippen LogP contribution in [0.5, 0.6) is 0 Å². The van der Waals surface area contributed by atoms with Gasteiger partial charge in [0.15, 0.2) is 5.03 Å². The van der Waals surface area contributed by atoms with Crippen LogP contribution in [0.4, 0.5) is 4.79 Å². The van der Waals surface area contributed by atoms with Crippen molar-refractivity contribution in [3.8, 4) is 0 Å². The Bertz CT molecular complexity index is 605. The lowest BCUT2D eigenvalue weighted by molar-refractivity contribution is 0.120. The van der Waals surface area contributed by atoms with E-state index in [-0.39, 0.29) is 24.0 Å². The molecule has 1 saturated heterocycles. The number of likely N-dealkylation sites (tertiary alicyclic amines) is 1. The number of aliphatic hydroxyl groups is 1. The first-order chi connectivity index (χ1) is 9.84. The first kappa shape index (κ1) is 15.7. The van der Waals surface area contributed by atoms with Crippen LogP contribution in [0.2, 0.25) is 0 Å². The van der Waals surface area contributed by atoms with Crippen molar-refractivity contribution in [1.82, 2.24) is 9.88 Å². The van der Waals surface area contributed by atoms with Gasteiger partial charge in [0.1, 0.15) is 0 Å². The maximum Gasteiger partial charge on any atom is 0.315 e. The lowest BCUT2D eigenvalue weighted by Gasteiger charge is -2.26. The smallest absolute Gasteiger partial charge is 0.315 e. The number of sulfone groups is 1. The Kier molecular flexibility index (Phi) is 4.48. The van der Waals surface area contributed by atoms with Crippen molar-refractivity contribution >= 4 is 15.9 Å². The van der Waals surface area contributed by atoms with Gasteiger partial charge >= 0.3 is 6.03 Å². The molecule has 1 aliphatic rings. The van der Waals surface area contributed by atoms with E-state index >= 15 is 0 Å². The summed E-state index contributed by atoms with van der Waals surface area (Å²) in [6.07, 6.45) is 0.922. The molecular weight excluding hydrogens is 294 g/mol. The van der Waals surface area contributed by atoms with Crippen molar-refractivity contribution in [3.05, 3.63) is 24.4 Å². The van der Waals surface area contributed by atoms with E-state index in [1.165, 1.54) is 17.2 Å². The molecule has 1 aliphatic heterocycles. The number of nitrogens with two attached hydrogens (primary N) is 1. The molecule has 1 fully saturated rings. The molecule has 7 nitrogen and oxygen atoms in total. The monoisotopic (exact) mass is 313 g/mol. The number of rotatable bonds is 2. The van der Waals surface area contributed by atoms with Gasteiger partial charge in [-0.3, -0.25) is 0 Å². The summed E-state index contributed by atoms with van der Waals surface area (Å²) < 4.78 is 25.2. The second kappa shape index (κ2) is 5.98. The van der Waals surface area contributed by atoms with Gasteiger partial charge in [0, 0.05) is 18.8 Å². The molecule has 2 rings (SSSR count). The Morgan fingerprint density at radius 2 is 2.14 bits per heavy atom. The molecule has 0 radical (unpaired) electrons. The molecule has 116 valence electrons. The van der Waals surface area contributed by atoms with Gasteiger partial charge in [-0.25, -0.2) is 18.2 Å². The molecule has 3 atom stereocenters. The topological polar surface area (TPSA) is 114 Å².